The molecule has 6 heteroatoms. The lowest BCUT2D eigenvalue weighted by Gasteiger charge is -1.94. The molecule has 74 valence electrons. The van der Waals surface area contributed by atoms with Gasteiger partial charge in [0.05, 0.1) is 5.57 Å². The lowest BCUT2D eigenvalue weighted by Crippen LogP contribution is -2.00. The highest BCUT2D eigenvalue weighted by molar-refractivity contribution is 5.90. The number of nitrogens with zero attached hydrogens (tertiary/aromatic N) is 2. The zero-order valence-corrected chi connectivity index (χ0v) is 7.65. The largest absolute Gasteiger partial charge is 0.459 e. The van der Waals surface area contributed by atoms with E-state index in [9.17, 15) is 4.79 Å². The predicted molar refractivity (Wildman–Crippen MR) is 48.3 cm³/mol. The number of ether oxygens (including phenoxy) is 1. The van der Waals surface area contributed by atoms with Gasteiger partial charge in [-0.25, -0.2) is 9.89 Å². The Hall–Kier alpha value is -1.85. The van der Waals surface area contributed by atoms with Crippen LogP contribution in [0, 0.1) is 0 Å². The van der Waals surface area contributed by atoms with E-state index in [0.717, 1.165) is 0 Å². The SMILES string of the molecule is C[C@@H]1C/C(=C\Nc2ncn[nH]2)C(=O)O1. The first kappa shape index (κ1) is 8.74. The lowest BCUT2D eigenvalue weighted by molar-refractivity contribution is -0.138. The molecule has 0 saturated carbocycles. The Bertz CT molecular complexity index is 357. The Morgan fingerprint density at radius 2 is 2.64 bits per heavy atom. The maximum Gasteiger partial charge on any atom is 0.335 e. The highest BCUT2D eigenvalue weighted by Crippen LogP contribution is 2.19. The molecule has 0 spiro atoms. The summed E-state index contributed by atoms with van der Waals surface area (Å²) < 4.78 is 4.95. The molecule has 0 amide bonds. The molecule has 1 atom stereocenters. The number of carbonyl (C=O) groups excluding carboxylic acids is 1. The summed E-state index contributed by atoms with van der Waals surface area (Å²) in [7, 11) is 0. The Kier molecular flexibility index (Phi) is 2.18. The number of cyclic esters (lactones) is 1. The molecular formula is C8H10N4O2. The molecule has 1 aromatic rings. The molecule has 0 aromatic carbocycles. The van der Waals surface area contributed by atoms with Gasteiger partial charge in [0.15, 0.2) is 0 Å². The Morgan fingerprint density at radius 1 is 1.79 bits per heavy atom. The van der Waals surface area contributed by atoms with Gasteiger partial charge in [-0.2, -0.15) is 10.1 Å². The van der Waals surface area contributed by atoms with Crippen LogP contribution in [0.4, 0.5) is 5.95 Å². The van der Waals surface area contributed by atoms with Gasteiger partial charge in [0, 0.05) is 12.6 Å². The molecule has 0 radical (unpaired) electrons. The molecule has 0 unspecified atom stereocenters. The molecule has 6 nitrogen and oxygen atoms in total. The second kappa shape index (κ2) is 3.49. The number of hydrogen-bond acceptors (Lipinski definition) is 5. The number of carbonyl (C=O) groups is 1. The van der Waals surface area contributed by atoms with Gasteiger partial charge in [-0.15, -0.1) is 0 Å². The summed E-state index contributed by atoms with van der Waals surface area (Å²) in [4.78, 5) is 15.0. The number of nitrogens with one attached hydrogen (secondary N) is 2. The van der Waals surface area contributed by atoms with Crippen LogP contribution < -0.4 is 5.32 Å². The van der Waals surface area contributed by atoms with Crippen molar-refractivity contribution in [1.29, 1.82) is 0 Å². The van der Waals surface area contributed by atoms with Gasteiger partial charge in [-0.05, 0) is 6.92 Å². The number of aromatic nitrogens is 3. The molecule has 1 aliphatic rings. The van der Waals surface area contributed by atoms with Gasteiger partial charge in [-0.1, -0.05) is 0 Å². The number of H-pyrrole nitrogens is 1. The van der Waals surface area contributed by atoms with Crippen molar-refractivity contribution in [2.45, 2.75) is 19.4 Å². The van der Waals surface area contributed by atoms with Crippen LogP contribution in [-0.2, 0) is 9.53 Å². The van der Waals surface area contributed by atoms with Crippen LogP contribution in [0.25, 0.3) is 0 Å². The summed E-state index contributed by atoms with van der Waals surface area (Å²) in [5.41, 5.74) is 0.619. The van der Waals surface area contributed by atoms with Gasteiger partial charge in [0.25, 0.3) is 0 Å². The molecule has 0 bridgehead atoms. The third-order valence-electron chi connectivity index (χ3n) is 1.88. The van der Waals surface area contributed by atoms with Crippen LogP contribution in [0.15, 0.2) is 18.1 Å². The lowest BCUT2D eigenvalue weighted by atomic mass is 10.2. The van der Waals surface area contributed by atoms with Crippen molar-refractivity contribution in [3.8, 4) is 0 Å². The number of hydrogen-bond donors (Lipinski definition) is 2. The highest BCUT2D eigenvalue weighted by atomic mass is 16.5. The highest BCUT2D eigenvalue weighted by Gasteiger charge is 2.25. The van der Waals surface area contributed by atoms with E-state index in [1.54, 1.807) is 6.20 Å². The van der Waals surface area contributed by atoms with E-state index in [0.29, 0.717) is 17.9 Å². The molecule has 0 aliphatic carbocycles. The van der Waals surface area contributed by atoms with Crippen LogP contribution in [0.3, 0.4) is 0 Å². The van der Waals surface area contributed by atoms with E-state index in [1.165, 1.54) is 6.33 Å². The summed E-state index contributed by atoms with van der Waals surface area (Å²) >= 11 is 0. The van der Waals surface area contributed by atoms with Crippen LogP contribution >= 0.6 is 0 Å². The number of esters is 1. The topological polar surface area (TPSA) is 79.9 Å². The van der Waals surface area contributed by atoms with E-state index in [1.807, 2.05) is 6.92 Å². The Morgan fingerprint density at radius 3 is 3.21 bits per heavy atom. The van der Waals surface area contributed by atoms with Crippen molar-refractivity contribution in [2.75, 3.05) is 5.32 Å². The fourth-order valence-corrected chi connectivity index (χ4v) is 1.24. The third-order valence-corrected chi connectivity index (χ3v) is 1.88. The first-order chi connectivity index (χ1) is 6.75. The van der Waals surface area contributed by atoms with Gasteiger partial charge in [-0.3, -0.25) is 0 Å². The second-order valence-electron chi connectivity index (χ2n) is 3.07. The van der Waals surface area contributed by atoms with Crippen LogP contribution in [0.2, 0.25) is 0 Å². The first-order valence-corrected chi connectivity index (χ1v) is 4.27. The maximum atomic E-state index is 11.2. The zero-order valence-electron chi connectivity index (χ0n) is 7.65. The average molecular weight is 194 g/mol. The minimum atomic E-state index is -0.274. The van der Waals surface area contributed by atoms with Gasteiger partial charge < -0.3 is 10.1 Å². The van der Waals surface area contributed by atoms with Crippen molar-refractivity contribution in [2.24, 2.45) is 0 Å². The molecule has 1 fully saturated rings. The molecule has 14 heavy (non-hydrogen) atoms. The summed E-state index contributed by atoms with van der Waals surface area (Å²) in [5.74, 6) is 0.231. The minimum Gasteiger partial charge on any atom is -0.459 e. The fourth-order valence-electron chi connectivity index (χ4n) is 1.24. The van der Waals surface area contributed by atoms with E-state index in [4.69, 9.17) is 4.74 Å². The van der Waals surface area contributed by atoms with Crippen molar-refractivity contribution in [3.05, 3.63) is 18.1 Å². The molecule has 1 aliphatic heterocycles. The quantitative estimate of drug-likeness (QED) is 0.527. The molecule has 1 saturated heterocycles. The van der Waals surface area contributed by atoms with Crippen molar-refractivity contribution < 1.29 is 9.53 Å². The van der Waals surface area contributed by atoms with Crippen molar-refractivity contribution >= 4 is 11.9 Å². The van der Waals surface area contributed by atoms with Gasteiger partial charge in [0.2, 0.25) is 5.95 Å². The second-order valence-corrected chi connectivity index (χ2v) is 3.07. The Labute approximate surface area is 80.4 Å². The standard InChI is InChI=1S/C8H10N4O2/c1-5-2-6(7(13)14-5)3-9-8-10-4-11-12-8/h3-5H,2H2,1H3,(H2,9,10,11,12)/b6-3+/t5-/m1/s1. The summed E-state index contributed by atoms with van der Waals surface area (Å²) in [6, 6.07) is 0. The molecule has 2 N–H and O–H groups in total. The summed E-state index contributed by atoms with van der Waals surface area (Å²) in [5, 5.41) is 9.10. The van der Waals surface area contributed by atoms with Gasteiger partial charge in [0.1, 0.15) is 12.4 Å². The van der Waals surface area contributed by atoms with E-state index >= 15 is 0 Å². The van der Waals surface area contributed by atoms with Crippen LogP contribution in [0.1, 0.15) is 13.3 Å². The minimum absolute atomic E-state index is 0.0368. The van der Waals surface area contributed by atoms with Crippen molar-refractivity contribution in [1.82, 2.24) is 15.2 Å². The molecular weight excluding hydrogens is 184 g/mol. The fraction of sp³-hybridized carbons (Fsp3) is 0.375. The maximum absolute atomic E-state index is 11.2. The summed E-state index contributed by atoms with van der Waals surface area (Å²) in [6.07, 6.45) is 3.56. The Balaban J connectivity index is 2.02. The monoisotopic (exact) mass is 194 g/mol. The predicted octanol–water partition coefficient (Wildman–Crippen LogP) is 0.436. The number of rotatable bonds is 2. The summed E-state index contributed by atoms with van der Waals surface area (Å²) in [6.45, 7) is 1.85. The van der Waals surface area contributed by atoms with Gasteiger partial charge >= 0.3 is 5.97 Å². The first-order valence-electron chi connectivity index (χ1n) is 4.27. The third kappa shape index (κ3) is 1.73. The average Bonchev–Trinajstić information content (AvgIpc) is 2.72. The number of aromatic amines is 1. The molecule has 2 heterocycles. The van der Waals surface area contributed by atoms with E-state index in [-0.39, 0.29) is 12.1 Å². The van der Waals surface area contributed by atoms with Crippen LogP contribution in [-0.4, -0.2) is 27.3 Å². The van der Waals surface area contributed by atoms with Crippen LogP contribution in [0.5, 0.6) is 0 Å². The number of anilines is 1. The normalized spacial score (nSPS) is 23.9. The van der Waals surface area contributed by atoms with Crippen molar-refractivity contribution in [3.63, 3.8) is 0 Å². The molecule has 1 aromatic heterocycles. The van der Waals surface area contributed by atoms with E-state index in [2.05, 4.69) is 20.5 Å². The van der Waals surface area contributed by atoms with E-state index < -0.39 is 0 Å². The smallest absolute Gasteiger partial charge is 0.335 e. The molecule has 2 rings (SSSR count). The zero-order chi connectivity index (χ0) is 9.97.